The molecule has 2 rings (SSSR count). The minimum Gasteiger partial charge on any atom is -0.460 e. The lowest BCUT2D eigenvalue weighted by molar-refractivity contribution is -0.155. The molecular weight excluding hydrogens is 456 g/mol. The lowest BCUT2D eigenvalue weighted by Gasteiger charge is -2.19. The lowest BCUT2D eigenvalue weighted by Crippen LogP contribution is -2.24. The summed E-state index contributed by atoms with van der Waals surface area (Å²) < 4.78 is 5.26. The molecule has 0 unspecified atom stereocenters. The zero-order chi connectivity index (χ0) is 26.4. The van der Waals surface area contributed by atoms with Crippen LogP contribution in [0.2, 0.25) is 0 Å². The van der Waals surface area contributed by atoms with Gasteiger partial charge in [-0.1, -0.05) is 18.8 Å². The number of unbranched alkanes of at least 4 members (excludes halogenated alkanes) is 1. The molecule has 3 N–H and O–H groups in total. The summed E-state index contributed by atoms with van der Waals surface area (Å²) in [5.41, 5.74) is 1.47. The first-order chi connectivity index (χ1) is 17.2. The minimum atomic E-state index is -0.494. The summed E-state index contributed by atoms with van der Waals surface area (Å²) in [5.74, 6) is 6.59. The molecule has 0 atom stereocenters. The molecule has 1 heterocycles. The van der Waals surface area contributed by atoms with Gasteiger partial charge in [0.05, 0.1) is 29.9 Å². The number of carbonyl (C=O) groups excluding carboxylic acids is 2. The van der Waals surface area contributed by atoms with Gasteiger partial charge in [-0.15, -0.1) is 0 Å². The van der Waals surface area contributed by atoms with E-state index in [0.29, 0.717) is 48.6 Å². The smallest absolute Gasteiger partial charge is 0.306 e. The van der Waals surface area contributed by atoms with E-state index < -0.39 is 5.60 Å². The molecule has 9 heteroatoms. The topological polar surface area (TPSA) is 129 Å². The predicted molar refractivity (Wildman–Crippen MR) is 139 cm³/mol. The summed E-state index contributed by atoms with van der Waals surface area (Å²) >= 11 is 0. The van der Waals surface area contributed by atoms with Gasteiger partial charge in [0.15, 0.2) is 0 Å². The lowest BCUT2D eigenvalue weighted by atomic mass is 10.1. The standard InChI is InChI=1S/C27H34N6O3/c1-5-16-30-25-21(19-31-26(33-25)32-22-14-12-20(18-28)13-15-22)9-8-17-29-23(34)10-6-7-11-24(35)36-27(2,3)4/h12-15,19H,5-7,10-11,16-17H2,1-4H3,(H,29,34)(H2,30,31,32,33). The van der Waals surface area contributed by atoms with E-state index in [0.717, 1.165) is 18.7 Å². The Kier molecular flexibility index (Phi) is 11.2. The number of nitrogens with one attached hydrogen (secondary N) is 3. The zero-order valence-corrected chi connectivity index (χ0v) is 21.4. The number of amides is 1. The number of hydrogen-bond acceptors (Lipinski definition) is 8. The predicted octanol–water partition coefficient (Wildman–Crippen LogP) is 4.28. The number of nitrogens with zero attached hydrogens (tertiary/aromatic N) is 3. The fourth-order valence-corrected chi connectivity index (χ4v) is 2.99. The number of rotatable bonds is 11. The maximum atomic E-state index is 12.0. The van der Waals surface area contributed by atoms with Gasteiger partial charge in [-0.05, 0) is 64.3 Å². The van der Waals surface area contributed by atoms with Gasteiger partial charge in [-0.25, -0.2) is 4.98 Å². The summed E-state index contributed by atoms with van der Waals surface area (Å²) in [6.45, 7) is 8.47. The van der Waals surface area contributed by atoms with Gasteiger partial charge < -0.3 is 20.7 Å². The number of hydrogen-bond donors (Lipinski definition) is 3. The van der Waals surface area contributed by atoms with Crippen LogP contribution in [0.4, 0.5) is 17.5 Å². The molecule has 0 aliphatic heterocycles. The Balaban J connectivity index is 1.86. The van der Waals surface area contributed by atoms with Gasteiger partial charge in [-0.2, -0.15) is 10.2 Å². The molecule has 0 aliphatic rings. The first-order valence-electron chi connectivity index (χ1n) is 12.1. The highest BCUT2D eigenvalue weighted by molar-refractivity contribution is 5.76. The quantitative estimate of drug-likeness (QED) is 0.242. The second kappa shape index (κ2) is 14.3. The first kappa shape index (κ1) is 28.1. The van der Waals surface area contributed by atoms with Gasteiger partial charge >= 0.3 is 5.97 Å². The average molecular weight is 491 g/mol. The van der Waals surface area contributed by atoms with Crippen LogP contribution in [0.25, 0.3) is 0 Å². The van der Waals surface area contributed by atoms with Crippen molar-refractivity contribution in [2.45, 2.75) is 65.4 Å². The zero-order valence-electron chi connectivity index (χ0n) is 21.4. The fraction of sp³-hybridized carbons (Fsp3) is 0.444. The molecule has 0 spiro atoms. The van der Waals surface area contributed by atoms with Gasteiger partial charge in [-0.3, -0.25) is 9.59 Å². The van der Waals surface area contributed by atoms with Gasteiger partial charge in [0, 0.05) is 25.1 Å². The van der Waals surface area contributed by atoms with Crippen molar-refractivity contribution in [3.63, 3.8) is 0 Å². The largest absolute Gasteiger partial charge is 0.460 e. The molecule has 0 saturated heterocycles. The summed E-state index contributed by atoms with van der Waals surface area (Å²) in [4.78, 5) is 32.6. The molecule has 0 radical (unpaired) electrons. The molecule has 0 aliphatic carbocycles. The summed E-state index contributed by atoms with van der Waals surface area (Å²) in [7, 11) is 0. The molecule has 1 aromatic heterocycles. The fourth-order valence-electron chi connectivity index (χ4n) is 2.99. The maximum absolute atomic E-state index is 12.0. The Hall–Kier alpha value is -4.11. The number of anilines is 3. The van der Waals surface area contributed by atoms with Crippen LogP contribution >= 0.6 is 0 Å². The Labute approximate surface area is 213 Å². The van der Waals surface area contributed by atoms with Crippen molar-refractivity contribution < 1.29 is 14.3 Å². The molecule has 9 nitrogen and oxygen atoms in total. The van der Waals surface area contributed by atoms with E-state index in [1.807, 2.05) is 20.8 Å². The van der Waals surface area contributed by atoms with Gasteiger partial charge in [0.2, 0.25) is 11.9 Å². The average Bonchev–Trinajstić information content (AvgIpc) is 2.83. The van der Waals surface area contributed by atoms with E-state index in [1.54, 1.807) is 30.5 Å². The maximum Gasteiger partial charge on any atom is 0.306 e. The van der Waals surface area contributed by atoms with E-state index >= 15 is 0 Å². The second-order valence-electron chi connectivity index (χ2n) is 9.07. The number of carbonyl (C=O) groups is 2. The molecule has 1 amide bonds. The van der Waals surface area contributed by atoms with Crippen molar-refractivity contribution in [2.75, 3.05) is 23.7 Å². The Bertz CT molecular complexity index is 1120. The van der Waals surface area contributed by atoms with Crippen LogP contribution in [0.5, 0.6) is 0 Å². The van der Waals surface area contributed by atoms with E-state index in [9.17, 15) is 9.59 Å². The van der Waals surface area contributed by atoms with E-state index in [1.165, 1.54) is 0 Å². The van der Waals surface area contributed by atoms with Crippen LogP contribution in [-0.4, -0.2) is 40.5 Å². The third-order valence-electron chi connectivity index (χ3n) is 4.65. The van der Waals surface area contributed by atoms with Crippen molar-refractivity contribution in [2.24, 2.45) is 0 Å². The molecule has 0 bridgehead atoms. The van der Waals surface area contributed by atoms with Crippen LogP contribution < -0.4 is 16.0 Å². The first-order valence-corrected chi connectivity index (χ1v) is 12.1. The Morgan fingerprint density at radius 2 is 1.83 bits per heavy atom. The van der Waals surface area contributed by atoms with Crippen molar-refractivity contribution in [1.29, 1.82) is 5.26 Å². The van der Waals surface area contributed by atoms with Crippen molar-refractivity contribution in [3.8, 4) is 17.9 Å². The van der Waals surface area contributed by atoms with Crippen molar-refractivity contribution >= 4 is 29.3 Å². The van der Waals surface area contributed by atoms with Crippen LogP contribution in [0, 0.1) is 23.2 Å². The van der Waals surface area contributed by atoms with Gasteiger partial charge in [0.1, 0.15) is 11.4 Å². The van der Waals surface area contributed by atoms with E-state index in [4.69, 9.17) is 10.00 Å². The molecule has 36 heavy (non-hydrogen) atoms. The highest BCUT2D eigenvalue weighted by Crippen LogP contribution is 2.18. The van der Waals surface area contributed by atoms with Crippen LogP contribution in [-0.2, 0) is 14.3 Å². The summed E-state index contributed by atoms with van der Waals surface area (Å²) in [5, 5.41) is 18.1. The van der Waals surface area contributed by atoms with E-state index in [2.05, 4.69) is 50.8 Å². The number of ether oxygens (including phenoxy) is 1. The molecule has 1 aromatic carbocycles. The highest BCUT2D eigenvalue weighted by Gasteiger charge is 2.15. The molecule has 0 saturated carbocycles. The summed E-state index contributed by atoms with van der Waals surface area (Å²) in [6, 6.07) is 9.09. The molecule has 0 fully saturated rings. The second-order valence-corrected chi connectivity index (χ2v) is 9.07. The highest BCUT2D eigenvalue weighted by atomic mass is 16.6. The number of nitriles is 1. The molecule has 2 aromatic rings. The monoisotopic (exact) mass is 490 g/mol. The SMILES string of the molecule is CCCNc1nc(Nc2ccc(C#N)cc2)ncc1C#CCNC(=O)CCCCC(=O)OC(C)(C)C. The van der Waals surface area contributed by atoms with Crippen LogP contribution in [0.3, 0.4) is 0 Å². The Morgan fingerprint density at radius 1 is 1.11 bits per heavy atom. The Morgan fingerprint density at radius 3 is 2.50 bits per heavy atom. The van der Waals surface area contributed by atoms with Crippen molar-refractivity contribution in [1.82, 2.24) is 15.3 Å². The van der Waals surface area contributed by atoms with Crippen molar-refractivity contribution in [3.05, 3.63) is 41.6 Å². The number of aromatic nitrogens is 2. The van der Waals surface area contributed by atoms with Gasteiger partial charge in [0.25, 0.3) is 0 Å². The summed E-state index contributed by atoms with van der Waals surface area (Å²) in [6.07, 6.45) is 4.37. The normalized spacial score (nSPS) is 10.4. The minimum absolute atomic E-state index is 0.115. The van der Waals surface area contributed by atoms with Crippen LogP contribution in [0.1, 0.15) is 70.9 Å². The van der Waals surface area contributed by atoms with Crippen LogP contribution in [0.15, 0.2) is 30.5 Å². The molecular formula is C27H34N6O3. The number of esters is 1. The third-order valence-corrected chi connectivity index (χ3v) is 4.65. The third kappa shape index (κ3) is 10.9. The number of benzene rings is 1. The van der Waals surface area contributed by atoms with E-state index in [-0.39, 0.29) is 18.4 Å². The molecule has 190 valence electrons.